The van der Waals surface area contributed by atoms with E-state index in [9.17, 15) is 9.90 Å². The maximum Gasteiger partial charge on any atom is 0.233 e. The van der Waals surface area contributed by atoms with Crippen molar-refractivity contribution >= 4 is 33.6 Å². The van der Waals surface area contributed by atoms with Crippen molar-refractivity contribution in [2.24, 2.45) is 0 Å². The Hall–Kier alpha value is -0.520. The SMILES string of the molecule is CCN(CC(C)(C)O)C(=O)CSc1ccc(Br)cc1. The van der Waals surface area contributed by atoms with Crippen molar-refractivity contribution in [1.82, 2.24) is 4.90 Å². The Morgan fingerprint density at radius 3 is 2.42 bits per heavy atom. The summed E-state index contributed by atoms with van der Waals surface area (Å²) < 4.78 is 1.03. The molecule has 3 nitrogen and oxygen atoms in total. The number of hydrogen-bond donors (Lipinski definition) is 1. The number of aliphatic hydroxyl groups is 1. The molecule has 0 saturated carbocycles. The molecule has 0 radical (unpaired) electrons. The molecule has 0 unspecified atom stereocenters. The second-order valence-electron chi connectivity index (χ2n) is 4.96. The van der Waals surface area contributed by atoms with Crippen LogP contribution in [-0.2, 0) is 4.79 Å². The summed E-state index contributed by atoms with van der Waals surface area (Å²) in [6.45, 7) is 6.33. The highest BCUT2D eigenvalue weighted by atomic mass is 79.9. The lowest BCUT2D eigenvalue weighted by Crippen LogP contribution is -2.42. The van der Waals surface area contributed by atoms with Crippen molar-refractivity contribution in [1.29, 1.82) is 0 Å². The van der Waals surface area contributed by atoms with Crippen LogP contribution in [0.3, 0.4) is 0 Å². The fourth-order valence-electron chi connectivity index (χ4n) is 1.61. The van der Waals surface area contributed by atoms with Crippen LogP contribution in [0.25, 0.3) is 0 Å². The molecular weight excluding hydrogens is 326 g/mol. The third-order valence-corrected chi connectivity index (χ3v) is 4.01. The Labute approximate surface area is 127 Å². The molecule has 0 aliphatic carbocycles. The van der Waals surface area contributed by atoms with Crippen LogP contribution in [0.15, 0.2) is 33.6 Å². The van der Waals surface area contributed by atoms with Gasteiger partial charge in [-0.15, -0.1) is 11.8 Å². The van der Waals surface area contributed by atoms with E-state index < -0.39 is 5.60 Å². The predicted octanol–water partition coefficient (Wildman–Crippen LogP) is 3.16. The quantitative estimate of drug-likeness (QED) is 0.805. The van der Waals surface area contributed by atoms with Crippen LogP contribution in [0, 0.1) is 0 Å². The minimum atomic E-state index is -0.853. The second-order valence-corrected chi connectivity index (χ2v) is 6.93. The first kappa shape index (κ1) is 16.5. The number of nitrogens with zero attached hydrogens (tertiary/aromatic N) is 1. The number of amides is 1. The summed E-state index contributed by atoms with van der Waals surface area (Å²) in [6, 6.07) is 7.88. The van der Waals surface area contributed by atoms with Crippen LogP contribution < -0.4 is 0 Å². The highest BCUT2D eigenvalue weighted by Gasteiger charge is 2.21. The molecule has 1 amide bonds. The standard InChI is InChI=1S/C14H20BrNO2S/c1-4-16(10-14(2,3)18)13(17)9-19-12-7-5-11(15)6-8-12/h5-8,18H,4,9-10H2,1-3H3. The fraction of sp³-hybridized carbons (Fsp3) is 0.500. The van der Waals surface area contributed by atoms with Crippen molar-refractivity contribution in [3.63, 3.8) is 0 Å². The lowest BCUT2D eigenvalue weighted by atomic mass is 10.1. The molecule has 106 valence electrons. The first-order valence-electron chi connectivity index (χ1n) is 6.20. The van der Waals surface area contributed by atoms with Gasteiger partial charge >= 0.3 is 0 Å². The van der Waals surface area contributed by atoms with E-state index in [0.29, 0.717) is 18.8 Å². The average Bonchev–Trinajstić information content (AvgIpc) is 2.34. The first-order chi connectivity index (χ1) is 8.81. The summed E-state index contributed by atoms with van der Waals surface area (Å²) in [6.07, 6.45) is 0. The summed E-state index contributed by atoms with van der Waals surface area (Å²) in [4.78, 5) is 14.8. The molecular formula is C14H20BrNO2S. The molecule has 1 aromatic carbocycles. The molecule has 0 spiro atoms. The van der Waals surface area contributed by atoms with E-state index in [-0.39, 0.29) is 5.91 Å². The van der Waals surface area contributed by atoms with E-state index in [4.69, 9.17) is 0 Å². The van der Waals surface area contributed by atoms with E-state index in [1.54, 1.807) is 18.7 Å². The Morgan fingerprint density at radius 1 is 1.37 bits per heavy atom. The lowest BCUT2D eigenvalue weighted by Gasteiger charge is -2.28. The average molecular weight is 346 g/mol. The van der Waals surface area contributed by atoms with Gasteiger partial charge < -0.3 is 10.0 Å². The van der Waals surface area contributed by atoms with Gasteiger partial charge in [0.1, 0.15) is 0 Å². The smallest absolute Gasteiger partial charge is 0.233 e. The Morgan fingerprint density at radius 2 is 1.95 bits per heavy atom. The molecule has 1 rings (SSSR count). The van der Waals surface area contributed by atoms with Gasteiger partial charge in [0.25, 0.3) is 0 Å². The molecule has 0 aliphatic heterocycles. The van der Waals surface area contributed by atoms with Crippen LogP contribution in [0.1, 0.15) is 20.8 Å². The number of benzene rings is 1. The number of thioether (sulfide) groups is 1. The van der Waals surface area contributed by atoms with E-state index in [0.717, 1.165) is 9.37 Å². The van der Waals surface area contributed by atoms with Gasteiger partial charge in [0.2, 0.25) is 5.91 Å². The summed E-state index contributed by atoms with van der Waals surface area (Å²) in [5.41, 5.74) is -0.853. The zero-order chi connectivity index (χ0) is 14.5. The van der Waals surface area contributed by atoms with Gasteiger partial charge in [0.05, 0.1) is 11.4 Å². The summed E-state index contributed by atoms with van der Waals surface area (Å²) in [5, 5.41) is 9.78. The van der Waals surface area contributed by atoms with Gasteiger partial charge in [-0.2, -0.15) is 0 Å². The molecule has 5 heteroatoms. The second kappa shape index (κ2) is 7.31. The molecule has 0 fully saturated rings. The number of carbonyl (C=O) groups is 1. The van der Waals surface area contributed by atoms with E-state index in [1.807, 2.05) is 31.2 Å². The molecule has 1 aromatic rings. The van der Waals surface area contributed by atoms with Gasteiger partial charge in [0, 0.05) is 22.5 Å². The van der Waals surface area contributed by atoms with Gasteiger partial charge in [0.15, 0.2) is 0 Å². The Balaban J connectivity index is 2.51. The Bertz CT molecular complexity index is 414. The van der Waals surface area contributed by atoms with E-state index in [1.165, 1.54) is 11.8 Å². The molecule has 0 atom stereocenters. The fourth-order valence-corrected chi connectivity index (χ4v) is 2.68. The van der Waals surface area contributed by atoms with Crippen LogP contribution in [0.5, 0.6) is 0 Å². The van der Waals surface area contributed by atoms with Crippen LogP contribution in [-0.4, -0.2) is 40.4 Å². The minimum absolute atomic E-state index is 0.0533. The normalized spacial score (nSPS) is 11.4. The van der Waals surface area contributed by atoms with Crippen LogP contribution in [0.2, 0.25) is 0 Å². The topological polar surface area (TPSA) is 40.5 Å². The van der Waals surface area contributed by atoms with E-state index in [2.05, 4.69) is 15.9 Å². The lowest BCUT2D eigenvalue weighted by molar-refractivity contribution is -0.131. The summed E-state index contributed by atoms with van der Waals surface area (Å²) in [5.74, 6) is 0.448. The molecule has 0 aliphatic rings. The molecule has 19 heavy (non-hydrogen) atoms. The molecule has 0 bridgehead atoms. The Kier molecular flexibility index (Phi) is 6.36. The first-order valence-corrected chi connectivity index (χ1v) is 7.98. The van der Waals surface area contributed by atoms with Crippen LogP contribution in [0.4, 0.5) is 0 Å². The number of carbonyl (C=O) groups excluding carboxylic acids is 1. The van der Waals surface area contributed by atoms with Crippen molar-refractivity contribution < 1.29 is 9.90 Å². The number of likely N-dealkylation sites (N-methyl/N-ethyl adjacent to an activating group) is 1. The zero-order valence-electron chi connectivity index (χ0n) is 11.5. The van der Waals surface area contributed by atoms with Gasteiger partial charge in [-0.25, -0.2) is 0 Å². The van der Waals surface area contributed by atoms with Gasteiger partial charge in [-0.3, -0.25) is 4.79 Å². The molecule has 1 N–H and O–H groups in total. The van der Waals surface area contributed by atoms with Crippen molar-refractivity contribution in [2.45, 2.75) is 31.3 Å². The van der Waals surface area contributed by atoms with Crippen molar-refractivity contribution in [3.8, 4) is 0 Å². The molecule has 0 heterocycles. The van der Waals surface area contributed by atoms with Crippen LogP contribution >= 0.6 is 27.7 Å². The molecule has 0 saturated heterocycles. The van der Waals surface area contributed by atoms with Crippen molar-refractivity contribution in [3.05, 3.63) is 28.7 Å². The monoisotopic (exact) mass is 345 g/mol. The number of halogens is 1. The number of hydrogen-bond acceptors (Lipinski definition) is 3. The minimum Gasteiger partial charge on any atom is -0.389 e. The van der Waals surface area contributed by atoms with Gasteiger partial charge in [-0.1, -0.05) is 15.9 Å². The zero-order valence-corrected chi connectivity index (χ0v) is 13.9. The maximum absolute atomic E-state index is 12.1. The van der Waals surface area contributed by atoms with E-state index >= 15 is 0 Å². The van der Waals surface area contributed by atoms with Crippen molar-refractivity contribution in [2.75, 3.05) is 18.8 Å². The predicted molar refractivity (Wildman–Crippen MR) is 83.4 cm³/mol. The summed E-state index contributed by atoms with van der Waals surface area (Å²) in [7, 11) is 0. The third-order valence-electron chi connectivity index (χ3n) is 2.49. The largest absolute Gasteiger partial charge is 0.389 e. The maximum atomic E-state index is 12.1. The number of rotatable bonds is 6. The van der Waals surface area contributed by atoms with Gasteiger partial charge in [-0.05, 0) is 45.0 Å². The highest BCUT2D eigenvalue weighted by Crippen LogP contribution is 2.21. The highest BCUT2D eigenvalue weighted by molar-refractivity contribution is 9.10. The third kappa shape index (κ3) is 6.45. The summed E-state index contributed by atoms with van der Waals surface area (Å²) >= 11 is 4.89. The molecule has 0 aromatic heterocycles.